The molecule has 0 aromatic carbocycles. The van der Waals surface area contributed by atoms with Gasteiger partial charge in [-0.05, 0) is 44.2 Å². The number of rotatable bonds is 5. The van der Waals surface area contributed by atoms with Crippen molar-refractivity contribution in [3.8, 4) is 0 Å². The van der Waals surface area contributed by atoms with Crippen molar-refractivity contribution < 1.29 is 4.79 Å². The lowest BCUT2D eigenvalue weighted by molar-refractivity contribution is 0.0929. The predicted molar refractivity (Wildman–Crippen MR) is 130 cm³/mol. The number of carbonyl (C=O) groups excluding carboxylic acids is 1. The summed E-state index contributed by atoms with van der Waals surface area (Å²) in [4.78, 5) is 32.5. The van der Waals surface area contributed by atoms with E-state index in [2.05, 4.69) is 21.4 Å². The number of carbonyl (C=O) groups is 1. The molecule has 2 fully saturated rings. The summed E-state index contributed by atoms with van der Waals surface area (Å²) < 4.78 is 3.99. The molecule has 5 heterocycles. The number of hydrogen-bond donors (Lipinski definition) is 1. The van der Waals surface area contributed by atoms with Crippen LogP contribution in [0.4, 0.5) is 0 Å². The van der Waals surface area contributed by atoms with E-state index < -0.39 is 0 Å². The molecule has 0 radical (unpaired) electrons. The second-order valence-corrected chi connectivity index (χ2v) is 10.3. The van der Waals surface area contributed by atoms with Crippen LogP contribution in [0.1, 0.15) is 65.8 Å². The minimum absolute atomic E-state index is 0.0597. The summed E-state index contributed by atoms with van der Waals surface area (Å²) in [6, 6.07) is 7.89. The monoisotopic (exact) mass is 460 g/mol. The van der Waals surface area contributed by atoms with Crippen molar-refractivity contribution in [3.63, 3.8) is 0 Å². The van der Waals surface area contributed by atoms with Gasteiger partial charge in [-0.25, -0.2) is 9.67 Å². The molecular formula is C26H32N6O2. The fraction of sp³-hybridized carbons (Fsp3) is 0.538. The third kappa shape index (κ3) is 3.83. The molecule has 3 aromatic heterocycles. The number of hydrogen-bond acceptors (Lipinski definition) is 5. The third-order valence-corrected chi connectivity index (χ3v) is 7.88. The molecule has 2 unspecified atom stereocenters. The van der Waals surface area contributed by atoms with Gasteiger partial charge in [-0.1, -0.05) is 18.9 Å². The maximum Gasteiger partial charge on any atom is 0.252 e. The lowest BCUT2D eigenvalue weighted by atomic mass is 9.83. The second kappa shape index (κ2) is 8.65. The average Bonchev–Trinajstić information content (AvgIpc) is 3.49. The summed E-state index contributed by atoms with van der Waals surface area (Å²) in [5.74, 6) is 0.822. The molecule has 1 N–H and O–H groups in total. The Morgan fingerprint density at radius 1 is 1.18 bits per heavy atom. The van der Waals surface area contributed by atoms with Crippen molar-refractivity contribution in [1.29, 1.82) is 0 Å². The van der Waals surface area contributed by atoms with Crippen molar-refractivity contribution in [2.45, 2.75) is 57.5 Å². The van der Waals surface area contributed by atoms with Gasteiger partial charge in [0.2, 0.25) is 0 Å². The van der Waals surface area contributed by atoms with Gasteiger partial charge >= 0.3 is 0 Å². The van der Waals surface area contributed by atoms with Crippen LogP contribution in [0.2, 0.25) is 0 Å². The van der Waals surface area contributed by atoms with E-state index in [1.54, 1.807) is 12.3 Å². The average molecular weight is 461 g/mol. The number of aromatic nitrogens is 4. The first-order valence-corrected chi connectivity index (χ1v) is 12.6. The minimum Gasteiger partial charge on any atom is -0.351 e. The molecule has 2 aliphatic heterocycles. The van der Waals surface area contributed by atoms with Gasteiger partial charge in [0.05, 0.1) is 23.2 Å². The second-order valence-electron chi connectivity index (χ2n) is 10.3. The van der Waals surface area contributed by atoms with Gasteiger partial charge in [0.25, 0.3) is 11.5 Å². The van der Waals surface area contributed by atoms with Crippen LogP contribution < -0.4 is 10.9 Å². The number of nitrogens with zero attached hydrogens (tertiary/aromatic N) is 5. The quantitative estimate of drug-likeness (QED) is 0.633. The number of pyridine rings is 2. The number of fused-ring (bicyclic) bond motifs is 5. The lowest BCUT2D eigenvalue weighted by Gasteiger charge is -2.42. The Hall–Kier alpha value is -3.00. The summed E-state index contributed by atoms with van der Waals surface area (Å²) in [6.45, 7) is 6.05. The zero-order valence-corrected chi connectivity index (χ0v) is 19.7. The van der Waals surface area contributed by atoms with Crippen LogP contribution in [0.5, 0.6) is 0 Å². The maximum atomic E-state index is 13.1. The Morgan fingerprint density at radius 2 is 2.03 bits per heavy atom. The molecule has 3 aromatic rings. The largest absolute Gasteiger partial charge is 0.351 e. The van der Waals surface area contributed by atoms with Crippen LogP contribution in [-0.4, -0.2) is 56.3 Å². The van der Waals surface area contributed by atoms with Gasteiger partial charge in [0.1, 0.15) is 0 Å². The van der Waals surface area contributed by atoms with E-state index in [1.807, 2.05) is 28.3 Å². The van der Waals surface area contributed by atoms with Crippen LogP contribution >= 0.6 is 0 Å². The summed E-state index contributed by atoms with van der Waals surface area (Å²) in [6.07, 6.45) is 7.67. The molecule has 178 valence electrons. The molecule has 0 spiro atoms. The first kappa shape index (κ1) is 21.5. The molecule has 1 amide bonds. The zero-order chi connectivity index (χ0) is 23.2. The van der Waals surface area contributed by atoms with Crippen LogP contribution in [-0.2, 0) is 6.54 Å². The Morgan fingerprint density at radius 3 is 2.88 bits per heavy atom. The van der Waals surface area contributed by atoms with E-state index in [-0.39, 0.29) is 11.5 Å². The molecule has 8 nitrogen and oxygen atoms in total. The summed E-state index contributed by atoms with van der Waals surface area (Å²) >= 11 is 0. The molecular weight excluding hydrogens is 428 g/mol. The van der Waals surface area contributed by atoms with Crippen LogP contribution in [0.15, 0.2) is 35.3 Å². The first-order chi connectivity index (χ1) is 16.6. The number of piperidine rings is 1. The fourth-order valence-corrected chi connectivity index (χ4v) is 6.35. The van der Waals surface area contributed by atoms with E-state index in [1.165, 1.54) is 12.8 Å². The lowest BCUT2D eigenvalue weighted by Crippen LogP contribution is -2.48. The molecule has 1 saturated heterocycles. The van der Waals surface area contributed by atoms with Crippen molar-refractivity contribution >= 4 is 16.9 Å². The number of amides is 1. The summed E-state index contributed by atoms with van der Waals surface area (Å²) in [5, 5.41) is 8.59. The van der Waals surface area contributed by atoms with Crippen molar-refractivity contribution in [3.05, 3.63) is 57.8 Å². The van der Waals surface area contributed by atoms with Crippen molar-refractivity contribution in [2.24, 2.45) is 5.92 Å². The van der Waals surface area contributed by atoms with Gasteiger partial charge in [-0.15, -0.1) is 0 Å². The topological polar surface area (TPSA) is 85.0 Å². The van der Waals surface area contributed by atoms with Crippen molar-refractivity contribution in [2.75, 3.05) is 26.2 Å². The maximum absolute atomic E-state index is 13.1. The molecule has 1 saturated carbocycles. The Labute approximate surface area is 199 Å². The van der Waals surface area contributed by atoms with E-state index in [0.717, 1.165) is 67.9 Å². The molecule has 6 rings (SSSR count). The van der Waals surface area contributed by atoms with Crippen LogP contribution in [0, 0.1) is 12.8 Å². The smallest absolute Gasteiger partial charge is 0.252 e. The van der Waals surface area contributed by atoms with E-state index in [4.69, 9.17) is 4.98 Å². The normalized spacial score (nSPS) is 22.7. The molecule has 3 aliphatic rings. The molecule has 1 aliphatic carbocycles. The third-order valence-electron chi connectivity index (χ3n) is 7.88. The highest BCUT2D eigenvalue weighted by Gasteiger charge is 2.34. The first-order valence-electron chi connectivity index (χ1n) is 12.6. The Balaban J connectivity index is 1.13. The predicted octanol–water partition coefficient (Wildman–Crippen LogP) is 2.87. The van der Waals surface area contributed by atoms with Crippen LogP contribution in [0.25, 0.3) is 11.0 Å². The highest BCUT2D eigenvalue weighted by molar-refractivity contribution is 6.05. The van der Waals surface area contributed by atoms with E-state index in [9.17, 15) is 9.59 Å². The molecule has 2 bridgehead atoms. The molecule has 8 heteroatoms. The van der Waals surface area contributed by atoms with Crippen molar-refractivity contribution in [1.82, 2.24) is 29.5 Å². The zero-order valence-electron chi connectivity index (χ0n) is 19.7. The molecule has 34 heavy (non-hydrogen) atoms. The summed E-state index contributed by atoms with van der Waals surface area (Å²) in [5.41, 5.74) is 3.61. The number of nitrogens with one attached hydrogen (secondary N) is 1. The van der Waals surface area contributed by atoms with Crippen LogP contribution in [0.3, 0.4) is 0 Å². The standard InChI is InChI=1S/C26H32N6O2/c1-17-11-21(22-13-28-32(25(22)29-17)20-5-2-3-6-20)26(34)27-9-10-30-14-18-12-19(16-30)23-7-4-8-24(33)31(23)15-18/h4,7-8,11,13,18-20H,2-3,5-6,9-10,12,14-16H2,1H3,(H,27,34). The highest BCUT2D eigenvalue weighted by Crippen LogP contribution is 2.35. The molecule has 2 atom stereocenters. The van der Waals surface area contributed by atoms with Gasteiger partial charge in [-0.2, -0.15) is 5.10 Å². The van der Waals surface area contributed by atoms with Gasteiger partial charge in [0.15, 0.2) is 5.65 Å². The highest BCUT2D eigenvalue weighted by atomic mass is 16.1. The van der Waals surface area contributed by atoms with E-state index in [0.29, 0.717) is 30.0 Å². The Bertz CT molecular complexity index is 1290. The number of aryl methyl sites for hydroxylation is 1. The van der Waals surface area contributed by atoms with Gasteiger partial charge in [0, 0.05) is 56.1 Å². The van der Waals surface area contributed by atoms with Gasteiger partial charge < -0.3 is 14.8 Å². The van der Waals surface area contributed by atoms with Gasteiger partial charge in [-0.3, -0.25) is 9.59 Å². The fourth-order valence-electron chi connectivity index (χ4n) is 6.35. The van der Waals surface area contributed by atoms with E-state index >= 15 is 0 Å². The SMILES string of the molecule is Cc1cc(C(=O)NCCN2CC3CC(C2)c2cccc(=O)n2C3)c2cnn(C3CCCC3)c2n1. The minimum atomic E-state index is -0.0597. The summed E-state index contributed by atoms with van der Waals surface area (Å²) in [7, 11) is 0. The number of likely N-dealkylation sites (tertiary alicyclic amines) is 1. The Kier molecular flexibility index (Phi) is 5.48.